The highest BCUT2D eigenvalue weighted by atomic mass is 32.1. The van der Waals surface area contributed by atoms with Crippen LogP contribution in [0.5, 0.6) is 0 Å². The Balaban J connectivity index is 2.40. The number of hydrogen-bond donors (Lipinski definition) is 1. The summed E-state index contributed by atoms with van der Waals surface area (Å²) < 4.78 is 2.08. The molecule has 1 heterocycles. The molecule has 0 unspecified atom stereocenters. The van der Waals surface area contributed by atoms with Crippen LogP contribution in [-0.4, -0.2) is 14.5 Å². The van der Waals surface area contributed by atoms with Crippen LogP contribution in [0.4, 0.5) is 0 Å². The van der Waals surface area contributed by atoms with E-state index >= 15 is 0 Å². The Labute approximate surface area is 106 Å². The predicted octanol–water partition coefficient (Wildman–Crippen LogP) is 2.63. The van der Waals surface area contributed by atoms with Crippen molar-refractivity contribution in [3.63, 3.8) is 0 Å². The Morgan fingerprint density at radius 2 is 1.94 bits per heavy atom. The maximum atomic E-state index is 5.57. The van der Waals surface area contributed by atoms with Crippen LogP contribution >= 0.6 is 12.2 Å². The lowest BCUT2D eigenvalue weighted by molar-refractivity contribution is 0.752. The van der Waals surface area contributed by atoms with Crippen LogP contribution in [0.25, 0.3) is 5.69 Å². The molecule has 0 saturated heterocycles. The molecule has 2 rings (SSSR count). The Morgan fingerprint density at radius 1 is 1.29 bits per heavy atom. The number of benzene rings is 1. The molecule has 0 bridgehead atoms. The average molecular weight is 245 g/mol. The van der Waals surface area contributed by atoms with Gasteiger partial charge in [-0.3, -0.25) is 0 Å². The Bertz CT molecular complexity index is 526. The van der Waals surface area contributed by atoms with Crippen molar-refractivity contribution in [1.29, 1.82) is 0 Å². The van der Waals surface area contributed by atoms with E-state index in [1.54, 1.807) is 0 Å². The largest absolute Gasteiger partial charge is 0.389 e. The van der Waals surface area contributed by atoms with Gasteiger partial charge in [-0.05, 0) is 24.3 Å². The Kier molecular flexibility index (Phi) is 3.24. The third-order valence-corrected chi connectivity index (χ3v) is 2.85. The summed E-state index contributed by atoms with van der Waals surface area (Å²) in [7, 11) is 0. The number of aromatic nitrogens is 2. The number of thiocarbonyl (C=S) groups is 1. The number of nitrogens with two attached hydrogens (primary N) is 1. The van der Waals surface area contributed by atoms with Gasteiger partial charge >= 0.3 is 0 Å². The highest BCUT2D eigenvalue weighted by Crippen LogP contribution is 2.17. The summed E-state index contributed by atoms with van der Waals surface area (Å²) in [6.07, 6.45) is 3.78. The molecule has 1 aromatic carbocycles. The van der Waals surface area contributed by atoms with E-state index in [0.29, 0.717) is 10.9 Å². The molecule has 0 aliphatic rings. The zero-order valence-corrected chi connectivity index (χ0v) is 10.7. The van der Waals surface area contributed by atoms with Crippen molar-refractivity contribution in [2.75, 3.05) is 0 Å². The van der Waals surface area contributed by atoms with E-state index in [4.69, 9.17) is 18.0 Å². The predicted molar refractivity (Wildman–Crippen MR) is 73.5 cm³/mol. The van der Waals surface area contributed by atoms with E-state index in [9.17, 15) is 0 Å². The standard InChI is InChI=1S/C13H15N3S/c1-9(2)13-15-7-8-16(13)11-5-3-10(4-6-11)12(14)17/h3-9H,1-2H3,(H2,14,17). The van der Waals surface area contributed by atoms with Crippen LogP contribution in [0.15, 0.2) is 36.7 Å². The van der Waals surface area contributed by atoms with E-state index in [0.717, 1.165) is 17.1 Å². The van der Waals surface area contributed by atoms with Gasteiger partial charge in [0, 0.05) is 29.6 Å². The SMILES string of the molecule is CC(C)c1nccn1-c1ccc(C(N)=S)cc1. The van der Waals surface area contributed by atoms with Gasteiger partial charge in [-0.25, -0.2) is 4.98 Å². The van der Waals surface area contributed by atoms with Gasteiger partial charge in [-0.15, -0.1) is 0 Å². The van der Waals surface area contributed by atoms with Gasteiger partial charge in [0.1, 0.15) is 10.8 Å². The molecule has 0 fully saturated rings. The minimum Gasteiger partial charge on any atom is -0.389 e. The summed E-state index contributed by atoms with van der Waals surface area (Å²) >= 11 is 4.93. The van der Waals surface area contributed by atoms with Gasteiger partial charge in [0.25, 0.3) is 0 Å². The van der Waals surface area contributed by atoms with Gasteiger partial charge in [-0.2, -0.15) is 0 Å². The number of nitrogens with zero attached hydrogens (tertiary/aromatic N) is 2. The molecule has 0 aliphatic carbocycles. The first kappa shape index (κ1) is 11.8. The van der Waals surface area contributed by atoms with Crippen LogP contribution in [0.1, 0.15) is 31.2 Å². The summed E-state index contributed by atoms with van der Waals surface area (Å²) in [5.41, 5.74) is 7.53. The molecule has 0 spiro atoms. The lowest BCUT2D eigenvalue weighted by Crippen LogP contribution is -2.09. The lowest BCUT2D eigenvalue weighted by atomic mass is 10.2. The maximum absolute atomic E-state index is 5.57. The van der Waals surface area contributed by atoms with Crippen molar-refractivity contribution in [3.05, 3.63) is 48.0 Å². The van der Waals surface area contributed by atoms with Gasteiger partial charge in [0.15, 0.2) is 0 Å². The molecule has 2 aromatic rings. The van der Waals surface area contributed by atoms with Crippen molar-refractivity contribution in [2.45, 2.75) is 19.8 Å². The molecule has 1 aromatic heterocycles. The van der Waals surface area contributed by atoms with E-state index in [1.165, 1.54) is 0 Å². The first-order valence-electron chi connectivity index (χ1n) is 5.53. The summed E-state index contributed by atoms with van der Waals surface area (Å²) in [5, 5.41) is 0. The molecular formula is C13H15N3S. The summed E-state index contributed by atoms with van der Waals surface area (Å²) in [6.45, 7) is 4.25. The van der Waals surface area contributed by atoms with Gasteiger partial charge < -0.3 is 10.3 Å². The molecule has 0 radical (unpaired) electrons. The molecule has 17 heavy (non-hydrogen) atoms. The smallest absolute Gasteiger partial charge is 0.115 e. The number of hydrogen-bond acceptors (Lipinski definition) is 2. The van der Waals surface area contributed by atoms with Crippen LogP contribution in [0.2, 0.25) is 0 Å². The van der Waals surface area contributed by atoms with Crippen LogP contribution in [0.3, 0.4) is 0 Å². The van der Waals surface area contributed by atoms with Crippen LogP contribution in [-0.2, 0) is 0 Å². The first-order valence-corrected chi connectivity index (χ1v) is 5.94. The molecule has 3 nitrogen and oxygen atoms in total. The van der Waals surface area contributed by atoms with Crippen molar-refractivity contribution in [3.8, 4) is 5.69 Å². The highest BCUT2D eigenvalue weighted by Gasteiger charge is 2.08. The first-order chi connectivity index (χ1) is 8.09. The molecule has 0 atom stereocenters. The van der Waals surface area contributed by atoms with Crippen molar-refractivity contribution in [1.82, 2.24) is 9.55 Å². The fourth-order valence-corrected chi connectivity index (χ4v) is 1.88. The van der Waals surface area contributed by atoms with E-state index < -0.39 is 0 Å². The normalized spacial score (nSPS) is 10.8. The van der Waals surface area contributed by atoms with Crippen molar-refractivity contribution < 1.29 is 0 Å². The number of imidazole rings is 1. The van der Waals surface area contributed by atoms with Gasteiger partial charge in [0.05, 0.1) is 0 Å². The third-order valence-electron chi connectivity index (χ3n) is 2.62. The van der Waals surface area contributed by atoms with E-state index in [2.05, 4.69) is 23.4 Å². The molecule has 0 amide bonds. The fraction of sp³-hybridized carbons (Fsp3) is 0.231. The molecule has 88 valence electrons. The molecule has 0 saturated carbocycles. The topological polar surface area (TPSA) is 43.8 Å². The van der Waals surface area contributed by atoms with Gasteiger partial charge in [0.2, 0.25) is 0 Å². The second-order valence-corrected chi connectivity index (χ2v) is 4.66. The summed E-state index contributed by atoms with van der Waals surface area (Å²) in [6, 6.07) is 7.87. The molecule has 2 N–H and O–H groups in total. The quantitative estimate of drug-likeness (QED) is 0.845. The Hall–Kier alpha value is -1.68. The highest BCUT2D eigenvalue weighted by molar-refractivity contribution is 7.80. The molecular weight excluding hydrogens is 230 g/mol. The van der Waals surface area contributed by atoms with Gasteiger partial charge in [-0.1, -0.05) is 26.1 Å². The average Bonchev–Trinajstić information content (AvgIpc) is 2.78. The van der Waals surface area contributed by atoms with Crippen LogP contribution < -0.4 is 5.73 Å². The summed E-state index contributed by atoms with van der Waals surface area (Å²) in [4.78, 5) is 4.78. The Morgan fingerprint density at radius 3 is 2.47 bits per heavy atom. The van der Waals surface area contributed by atoms with Crippen molar-refractivity contribution >= 4 is 17.2 Å². The number of rotatable bonds is 3. The van der Waals surface area contributed by atoms with E-state index in [1.807, 2.05) is 36.7 Å². The minimum atomic E-state index is 0.389. The fourth-order valence-electron chi connectivity index (χ4n) is 1.75. The lowest BCUT2D eigenvalue weighted by Gasteiger charge is -2.10. The second kappa shape index (κ2) is 4.67. The molecule has 4 heteroatoms. The van der Waals surface area contributed by atoms with Crippen molar-refractivity contribution in [2.24, 2.45) is 5.73 Å². The summed E-state index contributed by atoms with van der Waals surface area (Å²) in [5.74, 6) is 1.44. The maximum Gasteiger partial charge on any atom is 0.115 e. The molecule has 0 aliphatic heterocycles. The third kappa shape index (κ3) is 2.36. The zero-order valence-electron chi connectivity index (χ0n) is 9.92. The van der Waals surface area contributed by atoms with Crippen LogP contribution in [0, 0.1) is 0 Å². The second-order valence-electron chi connectivity index (χ2n) is 4.22. The minimum absolute atomic E-state index is 0.389. The van der Waals surface area contributed by atoms with E-state index in [-0.39, 0.29) is 0 Å². The zero-order chi connectivity index (χ0) is 12.4. The monoisotopic (exact) mass is 245 g/mol.